The predicted octanol–water partition coefficient (Wildman–Crippen LogP) is 6.26. The van der Waals surface area contributed by atoms with Gasteiger partial charge in [-0.1, -0.05) is 0 Å². The number of carboxylic acids is 2. The van der Waals surface area contributed by atoms with E-state index in [0.717, 1.165) is 66.6 Å². The number of amides is 2. The SMILES string of the molecule is CNC(=O)C(N)CSC(C)c1c(C)c2cc3[nH]c(cc4nc(cc5nc(cc1[nH]2)C(C)=C5CCC(=O)O)C(CCC(=O)O)=C4C)c(C)c3C(C)SCC(N)C(=O)NC. The quantitative estimate of drug-likeness (QED) is 0.0798. The number of thioether (sulfide) groups is 2. The molecule has 2 amide bonds. The lowest BCUT2D eigenvalue weighted by molar-refractivity contribution is -0.137. The number of hydrogen-bond acceptors (Lipinski definition) is 10. The number of aryl methyl sites for hydroxylation is 2. The van der Waals surface area contributed by atoms with E-state index in [0.29, 0.717) is 34.3 Å². The molecule has 5 rings (SSSR count). The molecule has 3 aromatic heterocycles. The molecule has 16 heteroatoms. The number of aliphatic carboxylic acids is 2. The van der Waals surface area contributed by atoms with E-state index in [2.05, 4.69) is 47.4 Å². The summed E-state index contributed by atoms with van der Waals surface area (Å²) in [5.74, 6) is -1.54. The number of nitrogens with two attached hydrogens (primary N) is 2. The van der Waals surface area contributed by atoms with Gasteiger partial charge in [0.25, 0.3) is 0 Å². The molecule has 10 N–H and O–H groups in total. The van der Waals surface area contributed by atoms with E-state index in [9.17, 15) is 29.4 Å². The zero-order chi connectivity index (χ0) is 42.6. The van der Waals surface area contributed by atoms with Gasteiger partial charge in [0.05, 0.1) is 34.9 Å². The van der Waals surface area contributed by atoms with Gasteiger partial charge in [-0.3, -0.25) is 19.2 Å². The number of likely N-dealkylation sites (N-methyl/N-ethyl adjacent to an activating group) is 2. The van der Waals surface area contributed by atoms with E-state index < -0.39 is 24.0 Å². The summed E-state index contributed by atoms with van der Waals surface area (Å²) in [6.07, 6.45) is 0.302. The summed E-state index contributed by atoms with van der Waals surface area (Å²) in [5, 5.41) is 24.4. The van der Waals surface area contributed by atoms with E-state index in [1.807, 2.05) is 39.0 Å². The molecule has 0 saturated heterocycles. The van der Waals surface area contributed by atoms with Gasteiger partial charge in [0.1, 0.15) is 0 Å². The lowest BCUT2D eigenvalue weighted by atomic mass is 9.98. The van der Waals surface area contributed by atoms with Crippen LogP contribution in [-0.2, 0) is 19.2 Å². The summed E-state index contributed by atoms with van der Waals surface area (Å²) in [7, 11) is 3.13. The molecule has 310 valence electrons. The van der Waals surface area contributed by atoms with E-state index in [1.165, 1.54) is 0 Å². The Balaban J connectivity index is 1.86. The van der Waals surface area contributed by atoms with Gasteiger partial charge in [0.15, 0.2) is 0 Å². The number of carbonyl (C=O) groups excluding carboxylic acids is 2. The molecule has 2 aliphatic heterocycles. The number of carboxylic acid groups (broad SMARTS) is 2. The number of allylic oxidation sites excluding steroid dienone is 4. The molecular weight excluding hydrogens is 777 g/mol. The van der Waals surface area contributed by atoms with Crippen molar-refractivity contribution in [2.75, 3.05) is 25.6 Å². The lowest BCUT2D eigenvalue weighted by Gasteiger charge is -2.15. The van der Waals surface area contributed by atoms with Crippen LogP contribution < -0.4 is 22.1 Å². The maximum atomic E-state index is 12.3. The van der Waals surface area contributed by atoms with Crippen molar-refractivity contribution in [3.8, 4) is 0 Å². The second-order valence-corrected chi connectivity index (χ2v) is 17.5. The fourth-order valence-corrected chi connectivity index (χ4v) is 9.71. The van der Waals surface area contributed by atoms with Gasteiger partial charge >= 0.3 is 11.9 Å². The molecule has 4 unspecified atom stereocenters. The van der Waals surface area contributed by atoms with Crippen molar-refractivity contribution in [2.24, 2.45) is 11.5 Å². The van der Waals surface area contributed by atoms with Gasteiger partial charge < -0.3 is 42.3 Å². The van der Waals surface area contributed by atoms with Crippen molar-refractivity contribution in [1.29, 1.82) is 0 Å². The Kier molecular flexibility index (Phi) is 14.3. The molecule has 0 fully saturated rings. The van der Waals surface area contributed by atoms with Crippen molar-refractivity contribution >= 4 is 91.6 Å². The zero-order valence-corrected chi connectivity index (χ0v) is 35.9. The van der Waals surface area contributed by atoms with Gasteiger partial charge in [-0.25, -0.2) is 9.97 Å². The van der Waals surface area contributed by atoms with Crippen molar-refractivity contribution in [3.05, 3.63) is 69.3 Å². The van der Waals surface area contributed by atoms with Gasteiger partial charge in [0.2, 0.25) is 11.8 Å². The Hall–Kier alpha value is -4.90. The van der Waals surface area contributed by atoms with Gasteiger partial charge in [0, 0.05) is 71.0 Å². The average Bonchev–Trinajstić information content (AvgIpc) is 3.85. The monoisotopic (exact) mass is 830 g/mol. The number of fused-ring (bicyclic) bond motifs is 8. The highest BCUT2D eigenvalue weighted by Gasteiger charge is 2.25. The highest BCUT2D eigenvalue weighted by Crippen LogP contribution is 2.41. The Morgan fingerprint density at radius 1 is 0.638 bits per heavy atom. The summed E-state index contributed by atoms with van der Waals surface area (Å²) >= 11 is 3.15. The van der Waals surface area contributed by atoms with Crippen LogP contribution in [0.3, 0.4) is 0 Å². The second kappa shape index (κ2) is 18.8. The summed E-state index contributed by atoms with van der Waals surface area (Å²) in [6, 6.07) is 6.52. The first-order valence-electron chi connectivity index (χ1n) is 19.2. The zero-order valence-electron chi connectivity index (χ0n) is 34.3. The van der Waals surface area contributed by atoms with Gasteiger partial charge in [-0.05, 0) is 123 Å². The summed E-state index contributed by atoms with van der Waals surface area (Å²) in [4.78, 5) is 65.7. The Morgan fingerprint density at radius 3 is 1.41 bits per heavy atom. The number of aromatic nitrogens is 4. The van der Waals surface area contributed by atoms with Crippen LogP contribution in [0.2, 0.25) is 0 Å². The van der Waals surface area contributed by atoms with Crippen LogP contribution in [0.5, 0.6) is 0 Å². The van der Waals surface area contributed by atoms with Crippen molar-refractivity contribution in [2.45, 2.75) is 89.8 Å². The number of carbonyl (C=O) groups is 4. The van der Waals surface area contributed by atoms with Gasteiger partial charge in [-0.2, -0.15) is 23.5 Å². The maximum absolute atomic E-state index is 12.3. The number of rotatable bonds is 16. The topological polar surface area (TPSA) is 242 Å². The number of H-pyrrole nitrogens is 2. The summed E-state index contributed by atoms with van der Waals surface area (Å²) < 4.78 is 0. The fourth-order valence-electron chi connectivity index (χ4n) is 7.47. The first-order valence-corrected chi connectivity index (χ1v) is 21.3. The Labute approximate surface area is 346 Å². The second-order valence-electron chi connectivity index (χ2n) is 14.7. The maximum Gasteiger partial charge on any atom is 0.303 e. The molecule has 0 aliphatic carbocycles. The first kappa shape index (κ1) is 44.2. The van der Waals surface area contributed by atoms with Gasteiger partial charge in [-0.15, -0.1) is 0 Å². The lowest BCUT2D eigenvalue weighted by Crippen LogP contribution is -2.40. The smallest absolute Gasteiger partial charge is 0.303 e. The molecule has 0 radical (unpaired) electrons. The Morgan fingerprint density at radius 2 is 1.02 bits per heavy atom. The van der Waals surface area contributed by atoms with E-state index in [4.69, 9.17) is 21.4 Å². The molecule has 3 aromatic rings. The van der Waals surface area contributed by atoms with Crippen molar-refractivity contribution in [3.63, 3.8) is 0 Å². The van der Waals surface area contributed by atoms with Crippen LogP contribution in [0.4, 0.5) is 0 Å². The third-order valence-corrected chi connectivity index (χ3v) is 13.4. The largest absolute Gasteiger partial charge is 0.481 e. The third kappa shape index (κ3) is 9.68. The average molecular weight is 831 g/mol. The van der Waals surface area contributed by atoms with Crippen LogP contribution in [-0.4, -0.2) is 91.6 Å². The van der Waals surface area contributed by atoms with Crippen LogP contribution in [0.25, 0.3) is 44.4 Å². The van der Waals surface area contributed by atoms with Crippen LogP contribution in [0.1, 0.15) is 109 Å². The first-order chi connectivity index (χ1) is 27.4. The third-order valence-electron chi connectivity index (χ3n) is 10.8. The minimum Gasteiger partial charge on any atom is -0.481 e. The number of nitrogens with zero attached hydrogens (tertiary/aromatic N) is 2. The van der Waals surface area contributed by atoms with E-state index in [1.54, 1.807) is 37.6 Å². The highest BCUT2D eigenvalue weighted by atomic mass is 32.2. The van der Waals surface area contributed by atoms with Crippen LogP contribution in [0.15, 0.2) is 24.3 Å². The van der Waals surface area contributed by atoms with Crippen LogP contribution >= 0.6 is 23.5 Å². The minimum atomic E-state index is -0.929. The molecule has 4 atom stereocenters. The van der Waals surface area contributed by atoms with E-state index >= 15 is 0 Å². The number of hydrogen-bond donors (Lipinski definition) is 8. The van der Waals surface area contributed by atoms with Crippen LogP contribution in [0, 0.1) is 13.8 Å². The highest BCUT2D eigenvalue weighted by molar-refractivity contribution is 7.99. The molecule has 2 aliphatic rings. The molecule has 14 nitrogen and oxygen atoms in total. The fraction of sp³-hybridized carbons (Fsp3) is 0.429. The van der Waals surface area contributed by atoms with Crippen molar-refractivity contribution in [1.82, 2.24) is 30.6 Å². The molecule has 8 bridgehead atoms. The number of aromatic amines is 2. The summed E-state index contributed by atoms with van der Waals surface area (Å²) in [6.45, 7) is 12.1. The molecule has 0 saturated carbocycles. The molecule has 0 spiro atoms. The molecular formula is C42H54N8O6S2. The normalized spacial score (nSPS) is 14.9. The van der Waals surface area contributed by atoms with E-state index in [-0.39, 0.29) is 48.0 Å². The molecule has 58 heavy (non-hydrogen) atoms. The van der Waals surface area contributed by atoms with Crippen molar-refractivity contribution < 1.29 is 29.4 Å². The number of nitrogens with one attached hydrogen (secondary N) is 4. The standard InChI is InChI=1S/C42H54N8O6S2/c1-19-25(9-11-37(51)52)33-16-34-26(10-12-38(53)54)20(2)30(48-34)14-35-40(24(6)58-18-28(44)42(56)46-8)22(4)32(50-35)15-36-39(21(3)31(49-36)13-29(19)47-33)23(5)57-17-27(43)41(55)45-7/h13-16,23-24,27-28,49-50H,9-12,17-18,43-44H2,1-8H3,(H,45,55)(H,46,56)(H,51,52)(H,53,54). The molecule has 5 heterocycles. The minimum absolute atomic E-state index is 0.0777. The molecule has 0 aromatic carbocycles. The predicted molar refractivity (Wildman–Crippen MR) is 235 cm³/mol. The Bertz CT molecular complexity index is 2360. The summed E-state index contributed by atoms with van der Waals surface area (Å²) in [5.41, 5.74) is 25.5.